The summed E-state index contributed by atoms with van der Waals surface area (Å²) in [5.41, 5.74) is 1.75. The van der Waals surface area contributed by atoms with Crippen LogP contribution < -0.4 is 10.6 Å². The van der Waals surface area contributed by atoms with Crippen LogP contribution in [-0.4, -0.2) is 49.7 Å². The van der Waals surface area contributed by atoms with Crippen LogP contribution in [0.25, 0.3) is 0 Å². The Balaban J connectivity index is 1.41. The Labute approximate surface area is 181 Å². The van der Waals surface area contributed by atoms with Crippen LogP contribution in [-0.2, 0) is 14.8 Å². The quantitative estimate of drug-likeness (QED) is 0.365. The van der Waals surface area contributed by atoms with Gasteiger partial charge in [0.15, 0.2) is 0 Å². The van der Waals surface area contributed by atoms with E-state index in [0.29, 0.717) is 39.0 Å². The van der Waals surface area contributed by atoms with E-state index in [0.717, 1.165) is 11.3 Å². The van der Waals surface area contributed by atoms with Crippen LogP contribution in [0.1, 0.15) is 18.4 Å². The number of sulfonamides is 1. The third kappa shape index (κ3) is 5.80. The topological polar surface area (TPSA) is 122 Å². The van der Waals surface area contributed by atoms with E-state index in [1.807, 2.05) is 6.92 Å². The van der Waals surface area contributed by atoms with Gasteiger partial charge in [0.2, 0.25) is 15.9 Å². The lowest BCUT2D eigenvalue weighted by Gasteiger charge is -2.30. The highest BCUT2D eigenvalue weighted by Gasteiger charge is 2.31. The molecule has 3 rings (SSSR count). The molecule has 0 atom stereocenters. The smallest absolute Gasteiger partial charge is 0.269 e. The van der Waals surface area contributed by atoms with Gasteiger partial charge in [-0.05, 0) is 44.0 Å². The zero-order chi connectivity index (χ0) is 22.4. The molecule has 0 spiro atoms. The van der Waals surface area contributed by atoms with Crippen molar-refractivity contribution in [3.63, 3.8) is 0 Å². The monoisotopic (exact) mass is 446 g/mol. The summed E-state index contributed by atoms with van der Waals surface area (Å²) in [7, 11) is -3.54. The summed E-state index contributed by atoms with van der Waals surface area (Å²) >= 11 is 0. The Morgan fingerprint density at radius 1 is 1.06 bits per heavy atom. The molecule has 0 aliphatic carbocycles. The van der Waals surface area contributed by atoms with Crippen LogP contribution in [0, 0.1) is 23.0 Å². The highest BCUT2D eigenvalue weighted by Crippen LogP contribution is 2.24. The predicted octanol–water partition coefficient (Wildman–Crippen LogP) is 2.53. The van der Waals surface area contributed by atoms with Crippen molar-refractivity contribution >= 4 is 27.3 Å². The van der Waals surface area contributed by atoms with E-state index in [9.17, 15) is 23.3 Å². The maximum absolute atomic E-state index is 12.8. The number of non-ortho nitro benzene ring substituents is 1. The first-order valence-electron chi connectivity index (χ1n) is 10.1. The molecule has 0 bridgehead atoms. The van der Waals surface area contributed by atoms with Crippen LogP contribution in [0.5, 0.6) is 0 Å². The first-order valence-corrected chi connectivity index (χ1v) is 11.5. The number of nitro groups is 1. The van der Waals surface area contributed by atoms with Crippen LogP contribution >= 0.6 is 0 Å². The Morgan fingerprint density at radius 3 is 2.26 bits per heavy atom. The second kappa shape index (κ2) is 9.88. The number of benzene rings is 2. The summed E-state index contributed by atoms with van der Waals surface area (Å²) in [6.07, 6.45) is 0.958. The molecule has 1 saturated heterocycles. The second-order valence-corrected chi connectivity index (χ2v) is 9.45. The number of anilines is 1. The van der Waals surface area contributed by atoms with Crippen molar-refractivity contribution in [2.75, 3.05) is 31.5 Å². The lowest BCUT2D eigenvalue weighted by molar-refractivity contribution is -0.384. The summed E-state index contributed by atoms with van der Waals surface area (Å²) in [4.78, 5) is 22.9. The predicted molar refractivity (Wildman–Crippen MR) is 117 cm³/mol. The van der Waals surface area contributed by atoms with E-state index in [-0.39, 0.29) is 22.4 Å². The number of nitro benzene ring substituents is 1. The van der Waals surface area contributed by atoms with Crippen molar-refractivity contribution in [1.82, 2.24) is 9.62 Å². The number of hydrogen-bond donors (Lipinski definition) is 2. The number of amides is 1. The molecule has 31 heavy (non-hydrogen) atoms. The minimum atomic E-state index is -3.54. The van der Waals surface area contributed by atoms with Crippen LogP contribution in [0.4, 0.5) is 11.4 Å². The van der Waals surface area contributed by atoms with Gasteiger partial charge in [0.1, 0.15) is 0 Å². The van der Waals surface area contributed by atoms with E-state index in [1.165, 1.54) is 16.4 Å². The first-order chi connectivity index (χ1) is 14.8. The maximum Gasteiger partial charge on any atom is 0.269 e. The Morgan fingerprint density at radius 2 is 1.68 bits per heavy atom. The third-order valence-electron chi connectivity index (χ3n) is 5.31. The fourth-order valence-corrected chi connectivity index (χ4v) is 4.93. The van der Waals surface area contributed by atoms with Crippen molar-refractivity contribution in [3.05, 3.63) is 64.2 Å². The number of rotatable bonds is 8. The second-order valence-electron chi connectivity index (χ2n) is 7.51. The van der Waals surface area contributed by atoms with Gasteiger partial charge in [-0.15, -0.1) is 0 Å². The normalized spacial score (nSPS) is 15.4. The maximum atomic E-state index is 12.8. The van der Waals surface area contributed by atoms with E-state index in [2.05, 4.69) is 10.6 Å². The molecule has 9 nitrogen and oxygen atoms in total. The SMILES string of the molecule is Cc1ccc(S(=O)(=O)N2CCC(C(=O)NCCNc3ccc([N+](=O)[O-])cc3)CC2)cc1. The zero-order valence-electron chi connectivity index (χ0n) is 17.3. The van der Waals surface area contributed by atoms with Crippen molar-refractivity contribution in [3.8, 4) is 0 Å². The van der Waals surface area contributed by atoms with Crippen molar-refractivity contribution < 1.29 is 18.1 Å². The summed E-state index contributed by atoms with van der Waals surface area (Å²) in [6, 6.07) is 12.8. The average molecular weight is 447 g/mol. The molecule has 2 aromatic rings. The number of piperidine rings is 1. The minimum absolute atomic E-state index is 0.0228. The lowest BCUT2D eigenvalue weighted by atomic mass is 9.97. The van der Waals surface area contributed by atoms with Crippen molar-refractivity contribution in [2.24, 2.45) is 5.92 Å². The van der Waals surface area contributed by atoms with Gasteiger partial charge in [-0.25, -0.2) is 8.42 Å². The number of carbonyl (C=O) groups excluding carboxylic acids is 1. The molecule has 2 aromatic carbocycles. The van der Waals surface area contributed by atoms with Gasteiger partial charge in [0.05, 0.1) is 9.82 Å². The number of aryl methyl sites for hydroxylation is 1. The average Bonchev–Trinajstić information content (AvgIpc) is 2.77. The first kappa shape index (κ1) is 22.7. The molecule has 0 unspecified atom stereocenters. The number of carbonyl (C=O) groups is 1. The molecular weight excluding hydrogens is 420 g/mol. The third-order valence-corrected chi connectivity index (χ3v) is 7.23. The molecule has 1 amide bonds. The molecule has 1 heterocycles. The molecule has 0 aromatic heterocycles. The van der Waals surface area contributed by atoms with Crippen molar-refractivity contribution in [1.29, 1.82) is 0 Å². The molecule has 10 heteroatoms. The summed E-state index contributed by atoms with van der Waals surface area (Å²) < 4.78 is 27.0. The van der Waals surface area contributed by atoms with Gasteiger partial charge in [-0.3, -0.25) is 14.9 Å². The summed E-state index contributed by atoms with van der Waals surface area (Å²) in [5, 5.41) is 16.6. The Bertz CT molecular complexity index is 1010. The van der Waals surface area contributed by atoms with E-state index >= 15 is 0 Å². The van der Waals surface area contributed by atoms with Gasteiger partial charge < -0.3 is 10.6 Å². The van der Waals surface area contributed by atoms with Gasteiger partial charge in [-0.2, -0.15) is 4.31 Å². The number of hydrogen-bond acceptors (Lipinski definition) is 6. The van der Waals surface area contributed by atoms with E-state index < -0.39 is 14.9 Å². The molecule has 0 radical (unpaired) electrons. The Hall–Kier alpha value is -2.98. The fraction of sp³-hybridized carbons (Fsp3) is 0.381. The highest BCUT2D eigenvalue weighted by atomic mass is 32.2. The van der Waals surface area contributed by atoms with E-state index in [4.69, 9.17) is 0 Å². The molecule has 1 fully saturated rings. The number of nitrogens with zero attached hydrogens (tertiary/aromatic N) is 2. The molecule has 166 valence electrons. The van der Waals surface area contributed by atoms with Gasteiger partial charge >= 0.3 is 0 Å². The molecular formula is C21H26N4O5S. The largest absolute Gasteiger partial charge is 0.383 e. The zero-order valence-corrected chi connectivity index (χ0v) is 18.1. The summed E-state index contributed by atoms with van der Waals surface area (Å²) in [6.45, 7) is 3.41. The molecule has 0 saturated carbocycles. The fourth-order valence-electron chi connectivity index (χ4n) is 3.46. The number of nitrogens with one attached hydrogen (secondary N) is 2. The molecule has 1 aliphatic heterocycles. The van der Waals surface area contributed by atoms with Crippen molar-refractivity contribution in [2.45, 2.75) is 24.7 Å². The van der Waals surface area contributed by atoms with Gasteiger partial charge in [0.25, 0.3) is 5.69 Å². The standard InChI is InChI=1S/C21H26N4O5S/c1-16-2-8-20(9-3-16)31(29,30)24-14-10-17(11-15-24)21(26)23-13-12-22-18-4-6-19(7-5-18)25(27)28/h2-9,17,22H,10-15H2,1H3,(H,23,26). The lowest BCUT2D eigenvalue weighted by Crippen LogP contribution is -2.43. The van der Waals surface area contributed by atoms with E-state index in [1.54, 1.807) is 36.4 Å². The van der Waals surface area contributed by atoms with Crippen LogP contribution in [0.2, 0.25) is 0 Å². The Kier molecular flexibility index (Phi) is 7.24. The highest BCUT2D eigenvalue weighted by molar-refractivity contribution is 7.89. The van der Waals surface area contributed by atoms with Gasteiger partial charge in [0, 0.05) is 49.9 Å². The summed E-state index contributed by atoms with van der Waals surface area (Å²) in [5.74, 6) is -0.304. The van der Waals surface area contributed by atoms with Crippen LogP contribution in [0.3, 0.4) is 0 Å². The molecule has 1 aliphatic rings. The molecule has 2 N–H and O–H groups in total. The van der Waals surface area contributed by atoms with Gasteiger partial charge in [-0.1, -0.05) is 17.7 Å². The minimum Gasteiger partial charge on any atom is -0.383 e. The van der Waals surface area contributed by atoms with Crippen LogP contribution in [0.15, 0.2) is 53.4 Å².